The predicted octanol–water partition coefficient (Wildman–Crippen LogP) is 2.21. The maximum atomic E-state index is 12.3. The zero-order valence-corrected chi connectivity index (χ0v) is 15.3. The lowest BCUT2D eigenvalue weighted by atomic mass is 9.76. The molecular formula is C20H26N2O4. The number of methoxy groups -OCH3 is 1. The molecule has 2 unspecified atom stereocenters. The van der Waals surface area contributed by atoms with Gasteiger partial charge in [-0.2, -0.15) is 0 Å². The first-order chi connectivity index (χ1) is 12.4. The maximum absolute atomic E-state index is 12.3. The zero-order valence-electron chi connectivity index (χ0n) is 15.3. The third kappa shape index (κ3) is 3.61. The minimum absolute atomic E-state index is 0.168. The van der Waals surface area contributed by atoms with Crippen LogP contribution in [0.1, 0.15) is 25.1 Å². The van der Waals surface area contributed by atoms with Crippen LogP contribution in [0, 0.1) is 11.8 Å². The van der Waals surface area contributed by atoms with Crippen LogP contribution >= 0.6 is 0 Å². The average Bonchev–Trinajstić information content (AvgIpc) is 3.06. The largest absolute Gasteiger partial charge is 0.466 e. The smallest absolute Gasteiger partial charge is 0.335 e. The number of carbonyl (C=O) groups is 1. The van der Waals surface area contributed by atoms with Gasteiger partial charge in [0.1, 0.15) is 0 Å². The molecule has 0 saturated heterocycles. The maximum Gasteiger partial charge on any atom is 0.335 e. The molecule has 2 aromatic rings. The molecule has 3 N–H and O–H groups in total. The second-order valence-corrected chi connectivity index (χ2v) is 7.09. The number of ether oxygens (including phenoxy) is 1. The van der Waals surface area contributed by atoms with Gasteiger partial charge in [-0.15, -0.1) is 0 Å². The summed E-state index contributed by atoms with van der Waals surface area (Å²) in [7, 11) is 3.21. The Labute approximate surface area is 153 Å². The van der Waals surface area contributed by atoms with Crippen LogP contribution < -0.4 is 0 Å². The number of aromatic nitrogens is 1. The van der Waals surface area contributed by atoms with Crippen molar-refractivity contribution in [2.45, 2.75) is 25.6 Å². The molecule has 1 aliphatic rings. The molecule has 1 aromatic heterocycles. The van der Waals surface area contributed by atoms with Crippen molar-refractivity contribution in [1.82, 2.24) is 9.88 Å². The lowest BCUT2D eigenvalue weighted by molar-refractivity contribution is -0.137. The molecule has 1 aliphatic heterocycles. The fourth-order valence-electron chi connectivity index (χ4n) is 3.83. The fourth-order valence-corrected chi connectivity index (χ4v) is 3.83. The first-order valence-electron chi connectivity index (χ1n) is 8.84. The van der Waals surface area contributed by atoms with E-state index in [1.807, 2.05) is 42.3 Å². The number of nitrogens with zero attached hydrogens (tertiary/aromatic N) is 1. The van der Waals surface area contributed by atoms with E-state index in [0.717, 1.165) is 10.9 Å². The van der Waals surface area contributed by atoms with Crippen LogP contribution in [0.25, 0.3) is 10.9 Å². The number of nitrogens with one attached hydrogen (secondary N) is 1. The van der Waals surface area contributed by atoms with E-state index >= 15 is 0 Å². The second kappa shape index (κ2) is 7.51. The van der Waals surface area contributed by atoms with Crippen molar-refractivity contribution in [3.63, 3.8) is 0 Å². The molecule has 0 saturated carbocycles. The summed E-state index contributed by atoms with van der Waals surface area (Å²) >= 11 is 0. The quantitative estimate of drug-likeness (QED) is 0.714. The Morgan fingerprint density at radius 3 is 2.77 bits per heavy atom. The van der Waals surface area contributed by atoms with Gasteiger partial charge in [0.05, 0.1) is 24.9 Å². The standard InChI is InChI=1S/C20H26N2O4/c1-12(23)15-10-22(2)11-16(20(25)26-3)14(15)9-19(24)18-8-13-6-4-5-7-17(13)21-18/h4-8,11-12,14-15,19,21,23-24H,9-10H2,1-3H3/t12?,14-,15+,19?/m0/s1. The van der Waals surface area contributed by atoms with E-state index in [1.54, 1.807) is 13.1 Å². The first-order valence-corrected chi connectivity index (χ1v) is 8.84. The average molecular weight is 358 g/mol. The van der Waals surface area contributed by atoms with Gasteiger partial charge < -0.3 is 24.8 Å². The van der Waals surface area contributed by atoms with Gasteiger partial charge in [0, 0.05) is 42.8 Å². The molecule has 2 heterocycles. The third-order valence-electron chi connectivity index (χ3n) is 5.20. The van der Waals surface area contributed by atoms with Gasteiger partial charge in [0.25, 0.3) is 0 Å². The molecule has 1 aromatic carbocycles. The number of aliphatic hydroxyl groups excluding tert-OH is 2. The lowest BCUT2D eigenvalue weighted by Gasteiger charge is -2.38. The van der Waals surface area contributed by atoms with Crippen LogP contribution in [0.5, 0.6) is 0 Å². The van der Waals surface area contributed by atoms with Gasteiger partial charge in [-0.3, -0.25) is 0 Å². The van der Waals surface area contributed by atoms with Crippen molar-refractivity contribution in [3.8, 4) is 0 Å². The number of hydrogen-bond donors (Lipinski definition) is 3. The summed E-state index contributed by atoms with van der Waals surface area (Å²) < 4.78 is 4.93. The Balaban J connectivity index is 1.89. The Kier molecular flexibility index (Phi) is 5.34. The summed E-state index contributed by atoms with van der Waals surface area (Å²) in [6.07, 6.45) is 0.709. The van der Waals surface area contributed by atoms with Gasteiger partial charge in [-0.1, -0.05) is 18.2 Å². The normalized spacial score (nSPS) is 22.8. The minimum Gasteiger partial charge on any atom is -0.466 e. The number of H-pyrrole nitrogens is 1. The highest BCUT2D eigenvalue weighted by atomic mass is 16.5. The lowest BCUT2D eigenvalue weighted by Crippen LogP contribution is -2.42. The number of para-hydroxylation sites is 1. The van der Waals surface area contributed by atoms with Crippen molar-refractivity contribution in [2.24, 2.45) is 11.8 Å². The van der Waals surface area contributed by atoms with Gasteiger partial charge >= 0.3 is 5.97 Å². The molecule has 0 amide bonds. The van der Waals surface area contributed by atoms with Gasteiger partial charge in [0.2, 0.25) is 0 Å². The van der Waals surface area contributed by atoms with Crippen LogP contribution in [-0.4, -0.2) is 52.9 Å². The van der Waals surface area contributed by atoms with E-state index in [2.05, 4.69) is 4.98 Å². The number of fused-ring (bicyclic) bond motifs is 1. The number of esters is 1. The number of carbonyl (C=O) groups excluding carboxylic acids is 1. The first kappa shape index (κ1) is 18.5. The van der Waals surface area contributed by atoms with Crippen molar-refractivity contribution < 1.29 is 19.7 Å². The van der Waals surface area contributed by atoms with E-state index < -0.39 is 18.2 Å². The molecule has 0 spiro atoms. The second-order valence-electron chi connectivity index (χ2n) is 7.09. The molecule has 0 bridgehead atoms. The third-order valence-corrected chi connectivity index (χ3v) is 5.20. The monoisotopic (exact) mass is 358 g/mol. The molecule has 0 aliphatic carbocycles. The summed E-state index contributed by atoms with van der Waals surface area (Å²) in [6, 6.07) is 9.75. The highest BCUT2D eigenvalue weighted by Gasteiger charge is 2.38. The molecule has 3 rings (SSSR count). The predicted molar refractivity (Wildman–Crippen MR) is 99.3 cm³/mol. The van der Waals surface area contributed by atoms with Crippen LogP contribution in [-0.2, 0) is 9.53 Å². The molecule has 140 valence electrons. The topological polar surface area (TPSA) is 85.8 Å². The number of benzene rings is 1. The van der Waals surface area contributed by atoms with Crippen LogP contribution in [0.2, 0.25) is 0 Å². The Bertz CT molecular complexity index is 778. The van der Waals surface area contributed by atoms with Gasteiger partial charge in [-0.05, 0) is 30.9 Å². The van der Waals surface area contributed by atoms with Crippen molar-refractivity contribution in [3.05, 3.63) is 47.8 Å². The van der Waals surface area contributed by atoms with Crippen LogP contribution in [0.3, 0.4) is 0 Å². The summed E-state index contributed by atoms with van der Waals surface area (Å²) in [4.78, 5) is 17.4. The van der Waals surface area contributed by atoms with Crippen molar-refractivity contribution in [2.75, 3.05) is 20.7 Å². The van der Waals surface area contributed by atoms with Gasteiger partial charge in [-0.25, -0.2) is 4.79 Å². The van der Waals surface area contributed by atoms with Crippen LogP contribution in [0.15, 0.2) is 42.1 Å². The molecule has 0 radical (unpaired) electrons. The summed E-state index contributed by atoms with van der Waals surface area (Å²) in [5.74, 6) is -0.880. The number of aliphatic hydroxyl groups is 2. The van der Waals surface area contributed by atoms with E-state index in [-0.39, 0.29) is 11.8 Å². The highest BCUT2D eigenvalue weighted by molar-refractivity contribution is 5.89. The Morgan fingerprint density at radius 1 is 1.38 bits per heavy atom. The van der Waals surface area contributed by atoms with Crippen LogP contribution in [0.4, 0.5) is 0 Å². The minimum atomic E-state index is -0.773. The molecular weight excluding hydrogens is 332 g/mol. The van der Waals surface area contributed by atoms with Crippen molar-refractivity contribution in [1.29, 1.82) is 0 Å². The zero-order chi connectivity index (χ0) is 18.8. The van der Waals surface area contributed by atoms with Crippen molar-refractivity contribution >= 4 is 16.9 Å². The van der Waals surface area contributed by atoms with E-state index in [0.29, 0.717) is 24.2 Å². The Morgan fingerprint density at radius 2 is 2.12 bits per heavy atom. The summed E-state index contributed by atoms with van der Waals surface area (Å²) in [5.41, 5.74) is 2.15. The number of hydrogen-bond acceptors (Lipinski definition) is 5. The fraction of sp³-hybridized carbons (Fsp3) is 0.450. The molecule has 6 heteroatoms. The molecule has 0 fully saturated rings. The number of aromatic amines is 1. The SMILES string of the molecule is COC(=O)C1=CN(C)C[C@H](C(C)O)[C@@H]1CC(O)c1cc2ccccc2[nH]1. The molecule has 4 atom stereocenters. The summed E-state index contributed by atoms with van der Waals surface area (Å²) in [6.45, 7) is 2.34. The molecule has 26 heavy (non-hydrogen) atoms. The van der Waals surface area contributed by atoms with E-state index in [9.17, 15) is 15.0 Å². The van der Waals surface area contributed by atoms with E-state index in [4.69, 9.17) is 4.74 Å². The highest BCUT2D eigenvalue weighted by Crippen LogP contribution is 2.37. The van der Waals surface area contributed by atoms with E-state index in [1.165, 1.54) is 7.11 Å². The number of rotatable bonds is 5. The summed E-state index contributed by atoms with van der Waals surface area (Å²) in [5, 5.41) is 22.1. The Hall–Kier alpha value is -2.31. The van der Waals surface area contributed by atoms with Gasteiger partial charge in [0.15, 0.2) is 0 Å². The molecule has 6 nitrogen and oxygen atoms in total.